The lowest BCUT2D eigenvalue weighted by Gasteiger charge is -2.48. The van der Waals surface area contributed by atoms with Crippen molar-refractivity contribution in [2.24, 2.45) is 0 Å². The molecule has 13 heteroatoms. The van der Waals surface area contributed by atoms with Gasteiger partial charge < -0.3 is 50.3 Å². The van der Waals surface area contributed by atoms with Gasteiger partial charge in [0.2, 0.25) is 11.8 Å². The Morgan fingerprint density at radius 2 is 1.57 bits per heavy atom. The van der Waals surface area contributed by atoms with Crippen LogP contribution >= 0.6 is 11.8 Å². The number of hydrogen-bond acceptors (Lipinski definition) is 11. The van der Waals surface area contributed by atoms with Gasteiger partial charge in [-0.2, -0.15) is 0 Å². The second-order valence-corrected chi connectivity index (χ2v) is 8.67. The Bertz CT molecular complexity index is 613. The molecule has 2 heterocycles. The molecule has 0 aromatic heterocycles. The molecule has 0 radical (unpaired) electrons. The number of amides is 2. The van der Waals surface area contributed by atoms with E-state index in [-0.39, 0.29) is 0 Å². The average molecular weight is 454 g/mol. The zero-order valence-electron chi connectivity index (χ0n) is 16.9. The number of thioether (sulfide) groups is 1. The van der Waals surface area contributed by atoms with Gasteiger partial charge in [-0.25, -0.2) is 0 Å². The fourth-order valence-corrected chi connectivity index (χ4v) is 5.17. The second-order valence-electron chi connectivity index (χ2n) is 7.39. The van der Waals surface area contributed by atoms with Gasteiger partial charge in [0.15, 0.2) is 6.29 Å². The van der Waals surface area contributed by atoms with E-state index in [1.165, 1.54) is 20.9 Å². The van der Waals surface area contributed by atoms with Crippen LogP contribution in [0.1, 0.15) is 13.8 Å². The molecular weight excluding hydrogens is 424 g/mol. The van der Waals surface area contributed by atoms with Crippen molar-refractivity contribution in [1.82, 2.24) is 10.2 Å². The van der Waals surface area contributed by atoms with Gasteiger partial charge in [0.1, 0.15) is 29.8 Å². The Labute approximate surface area is 177 Å². The van der Waals surface area contributed by atoms with E-state index in [0.717, 1.165) is 16.7 Å². The second kappa shape index (κ2) is 10.5. The summed E-state index contributed by atoms with van der Waals surface area (Å²) in [6.07, 6.45) is -8.09. The third kappa shape index (κ3) is 5.23. The van der Waals surface area contributed by atoms with Gasteiger partial charge in [-0.3, -0.25) is 9.59 Å². The largest absolute Gasteiger partial charge is 0.394 e. The molecule has 30 heavy (non-hydrogen) atoms. The molecule has 2 fully saturated rings. The van der Waals surface area contributed by atoms with Crippen LogP contribution in [0.5, 0.6) is 0 Å². The summed E-state index contributed by atoms with van der Waals surface area (Å²) in [5.41, 5.74) is -1.06. The predicted molar refractivity (Wildman–Crippen MR) is 103 cm³/mol. The molecule has 2 aliphatic rings. The lowest BCUT2D eigenvalue weighted by atomic mass is 9.98. The molecule has 0 aromatic carbocycles. The first-order valence-electron chi connectivity index (χ1n) is 9.44. The van der Waals surface area contributed by atoms with Crippen molar-refractivity contribution in [1.29, 1.82) is 0 Å². The number of nitrogens with zero attached hydrogens (tertiary/aromatic N) is 1. The number of ether oxygens (including phenoxy) is 2. The molecule has 0 saturated carbocycles. The molecule has 2 rings (SSSR count). The lowest BCUT2D eigenvalue weighted by molar-refractivity contribution is -0.229. The molecule has 2 saturated heterocycles. The van der Waals surface area contributed by atoms with E-state index < -0.39 is 84.6 Å². The minimum absolute atomic E-state index is 0.433. The number of aliphatic hydroxyl groups is 6. The minimum Gasteiger partial charge on any atom is -0.394 e. The lowest BCUT2D eigenvalue weighted by Crippen LogP contribution is -2.66. The first-order valence-corrected chi connectivity index (χ1v) is 10.4. The molecule has 12 nitrogen and oxygen atoms in total. The summed E-state index contributed by atoms with van der Waals surface area (Å²) >= 11 is 0.889. The van der Waals surface area contributed by atoms with Crippen molar-refractivity contribution in [2.45, 2.75) is 73.4 Å². The number of carbonyl (C=O) groups is 2. The molecule has 0 spiro atoms. The van der Waals surface area contributed by atoms with E-state index >= 15 is 0 Å². The van der Waals surface area contributed by atoms with Gasteiger partial charge in [-0.15, -0.1) is 11.8 Å². The first kappa shape index (κ1) is 25.2. The van der Waals surface area contributed by atoms with Crippen LogP contribution in [-0.4, -0.2) is 127 Å². The van der Waals surface area contributed by atoms with Crippen molar-refractivity contribution < 1.29 is 49.7 Å². The van der Waals surface area contributed by atoms with Crippen molar-refractivity contribution in [3.05, 3.63) is 0 Å². The normalized spacial score (nSPS) is 41.9. The van der Waals surface area contributed by atoms with E-state index in [4.69, 9.17) is 9.47 Å². The van der Waals surface area contributed by atoms with Crippen LogP contribution < -0.4 is 5.32 Å². The Kier molecular flexibility index (Phi) is 8.85. The Balaban J connectivity index is 2.31. The number of carbonyl (C=O) groups excluding carboxylic acids is 2. The molecule has 0 bridgehead atoms. The van der Waals surface area contributed by atoms with Crippen molar-refractivity contribution in [2.75, 3.05) is 20.3 Å². The van der Waals surface area contributed by atoms with Crippen LogP contribution in [0.2, 0.25) is 0 Å². The Morgan fingerprint density at radius 3 is 2.07 bits per heavy atom. The summed E-state index contributed by atoms with van der Waals surface area (Å²) in [5.74, 6) is -0.941. The number of likely N-dealkylation sites (N-methyl/N-ethyl adjacent to an activating group) is 1. The SMILES string of the molecule is CC(=O)N[C@@H]1[C@@H](O)[C@H](O)[C@@H](CO)O[C@H]1S[C@H]1[C@H](O)[C@@H](N(C)C(C)=O)[C@@H](O)O[C@@H]1CO. The van der Waals surface area contributed by atoms with Crippen molar-refractivity contribution in [3.63, 3.8) is 0 Å². The van der Waals surface area contributed by atoms with E-state index in [9.17, 15) is 40.2 Å². The van der Waals surface area contributed by atoms with Crippen molar-refractivity contribution >= 4 is 23.6 Å². The molecule has 2 aliphatic heterocycles. The van der Waals surface area contributed by atoms with Crippen molar-refractivity contribution in [3.8, 4) is 0 Å². The summed E-state index contributed by atoms with van der Waals surface area (Å²) in [7, 11) is 1.38. The highest BCUT2D eigenvalue weighted by atomic mass is 32.2. The maximum atomic E-state index is 11.7. The van der Waals surface area contributed by atoms with Gasteiger partial charge in [-0.1, -0.05) is 0 Å². The average Bonchev–Trinajstić information content (AvgIpc) is 2.68. The van der Waals surface area contributed by atoms with Crippen LogP contribution in [0.15, 0.2) is 0 Å². The maximum Gasteiger partial charge on any atom is 0.219 e. The number of rotatable bonds is 6. The highest BCUT2D eigenvalue weighted by Crippen LogP contribution is 2.38. The van der Waals surface area contributed by atoms with Crippen LogP contribution in [-0.2, 0) is 19.1 Å². The monoisotopic (exact) mass is 454 g/mol. The Morgan fingerprint density at radius 1 is 0.967 bits per heavy atom. The van der Waals surface area contributed by atoms with Gasteiger partial charge in [0.05, 0.1) is 36.7 Å². The van der Waals surface area contributed by atoms with Gasteiger partial charge in [-0.05, 0) is 0 Å². The minimum atomic E-state index is -1.56. The van der Waals surface area contributed by atoms with E-state index in [1.54, 1.807) is 0 Å². The molecule has 10 atom stereocenters. The molecular formula is C17H30N2O10S. The van der Waals surface area contributed by atoms with Crippen LogP contribution in [0.4, 0.5) is 0 Å². The molecule has 0 aliphatic carbocycles. The first-order chi connectivity index (χ1) is 14.0. The molecule has 7 N–H and O–H groups in total. The Hall–Kier alpha value is -1.03. The summed E-state index contributed by atoms with van der Waals surface area (Å²) in [6, 6.07) is -2.25. The molecule has 0 unspecified atom stereocenters. The fourth-order valence-electron chi connectivity index (χ4n) is 3.61. The third-order valence-corrected chi connectivity index (χ3v) is 6.89. The standard InChI is InChI=1S/C17H30N2O10S/c1-6(22)18-10-13(25)12(24)8(4-20)29-17(10)30-15-9(5-21)28-16(27)11(14(15)26)19(3)7(2)23/h8-17,20-21,24-27H,4-5H2,1-3H3,(H,18,22)/t8-,9-,10-,11-,12-,13-,14-,15-,16+,17+/m1/s1. The molecule has 174 valence electrons. The van der Waals surface area contributed by atoms with Gasteiger partial charge in [0, 0.05) is 20.9 Å². The molecule has 2 amide bonds. The summed E-state index contributed by atoms with van der Waals surface area (Å²) < 4.78 is 11.0. The van der Waals surface area contributed by atoms with Crippen LogP contribution in [0.3, 0.4) is 0 Å². The zero-order chi connectivity index (χ0) is 22.7. The number of hydrogen-bond donors (Lipinski definition) is 7. The van der Waals surface area contributed by atoms with Gasteiger partial charge >= 0.3 is 0 Å². The number of aliphatic hydroxyl groups excluding tert-OH is 6. The van der Waals surface area contributed by atoms with E-state index in [2.05, 4.69) is 5.32 Å². The van der Waals surface area contributed by atoms with E-state index in [1.807, 2.05) is 0 Å². The topological polar surface area (TPSA) is 189 Å². The van der Waals surface area contributed by atoms with Crippen LogP contribution in [0, 0.1) is 0 Å². The summed E-state index contributed by atoms with van der Waals surface area (Å²) in [5, 5.41) is 62.3. The smallest absolute Gasteiger partial charge is 0.219 e. The summed E-state index contributed by atoms with van der Waals surface area (Å²) in [6.45, 7) is 1.28. The van der Waals surface area contributed by atoms with Crippen LogP contribution in [0.25, 0.3) is 0 Å². The fraction of sp³-hybridized carbons (Fsp3) is 0.882. The quantitative estimate of drug-likeness (QED) is 0.207. The summed E-state index contributed by atoms with van der Waals surface area (Å²) in [4.78, 5) is 24.4. The highest BCUT2D eigenvalue weighted by Gasteiger charge is 2.51. The van der Waals surface area contributed by atoms with E-state index in [0.29, 0.717) is 0 Å². The maximum absolute atomic E-state index is 11.7. The van der Waals surface area contributed by atoms with Gasteiger partial charge in [0.25, 0.3) is 0 Å². The highest BCUT2D eigenvalue weighted by molar-refractivity contribution is 8.00. The predicted octanol–water partition coefficient (Wildman–Crippen LogP) is -4.05. The third-order valence-electron chi connectivity index (χ3n) is 5.33. The number of nitrogens with one attached hydrogen (secondary N) is 1. The zero-order valence-corrected chi connectivity index (χ0v) is 17.7. The molecule has 0 aromatic rings.